The number of hydrogen-bond donors (Lipinski definition) is 1. The van der Waals surface area contributed by atoms with E-state index in [0.717, 1.165) is 17.4 Å². The third kappa shape index (κ3) is 4.74. The van der Waals surface area contributed by atoms with E-state index in [1.807, 2.05) is 30.3 Å². The van der Waals surface area contributed by atoms with Crippen LogP contribution in [0.25, 0.3) is 11.8 Å². The first-order valence-corrected chi connectivity index (χ1v) is 11.3. The highest BCUT2D eigenvalue weighted by atomic mass is 32.2. The number of aromatic nitrogens is 4. The third-order valence-corrected chi connectivity index (χ3v) is 6.22. The summed E-state index contributed by atoms with van der Waals surface area (Å²) in [4.78, 5) is 27.3. The van der Waals surface area contributed by atoms with Gasteiger partial charge < -0.3 is 9.73 Å². The van der Waals surface area contributed by atoms with Crippen molar-refractivity contribution in [3.8, 4) is 5.69 Å². The van der Waals surface area contributed by atoms with E-state index >= 15 is 0 Å². The van der Waals surface area contributed by atoms with Gasteiger partial charge in [0.15, 0.2) is 10.3 Å². The van der Waals surface area contributed by atoms with Crippen LogP contribution in [0.3, 0.4) is 0 Å². The number of amidine groups is 1. The van der Waals surface area contributed by atoms with Gasteiger partial charge in [-0.2, -0.15) is 4.68 Å². The number of tetrazole rings is 1. The van der Waals surface area contributed by atoms with Crippen molar-refractivity contribution < 1.29 is 14.1 Å². The first-order valence-electron chi connectivity index (χ1n) is 9.71. The van der Waals surface area contributed by atoms with Gasteiger partial charge in [-0.15, -0.1) is 5.10 Å². The molecule has 0 bridgehead atoms. The molecule has 0 radical (unpaired) electrons. The molecule has 168 valence electrons. The number of aliphatic imine (C=N–C) groups is 1. The summed E-state index contributed by atoms with van der Waals surface area (Å²) in [6.45, 7) is 0. The van der Waals surface area contributed by atoms with Crippen LogP contribution in [0.2, 0.25) is 0 Å². The van der Waals surface area contributed by atoms with Gasteiger partial charge in [-0.3, -0.25) is 14.9 Å². The van der Waals surface area contributed by atoms with Crippen LogP contribution in [0.5, 0.6) is 0 Å². The predicted molar refractivity (Wildman–Crippen MR) is 126 cm³/mol. The van der Waals surface area contributed by atoms with Crippen LogP contribution < -0.4 is 5.32 Å². The number of carbonyl (C=O) groups is 1. The zero-order chi connectivity index (χ0) is 23.5. The van der Waals surface area contributed by atoms with Gasteiger partial charge in [-0.05, 0) is 70.3 Å². The van der Waals surface area contributed by atoms with E-state index < -0.39 is 4.92 Å². The lowest BCUT2D eigenvalue weighted by Gasteiger charge is -2.01. The molecule has 1 fully saturated rings. The Kier molecular flexibility index (Phi) is 5.93. The highest BCUT2D eigenvalue weighted by Gasteiger charge is 2.24. The average molecular weight is 492 g/mol. The van der Waals surface area contributed by atoms with Gasteiger partial charge in [-0.1, -0.05) is 18.2 Å². The van der Waals surface area contributed by atoms with Gasteiger partial charge in [0.2, 0.25) is 5.16 Å². The summed E-state index contributed by atoms with van der Waals surface area (Å²) in [5, 5.41) is 26.7. The van der Waals surface area contributed by atoms with E-state index in [1.54, 1.807) is 22.9 Å². The number of benzene rings is 2. The van der Waals surface area contributed by atoms with Crippen LogP contribution >= 0.6 is 23.5 Å². The Hall–Kier alpha value is -4.23. The Morgan fingerprint density at radius 2 is 1.91 bits per heavy atom. The number of non-ortho nitro benzene ring substituents is 1. The molecule has 1 saturated heterocycles. The minimum atomic E-state index is -0.484. The fourth-order valence-electron chi connectivity index (χ4n) is 2.91. The lowest BCUT2D eigenvalue weighted by atomic mass is 10.3. The van der Waals surface area contributed by atoms with Crippen LogP contribution in [-0.2, 0) is 4.79 Å². The lowest BCUT2D eigenvalue weighted by Crippen LogP contribution is -2.19. The lowest BCUT2D eigenvalue weighted by molar-refractivity contribution is -0.384. The third-order valence-electron chi connectivity index (χ3n) is 4.45. The van der Waals surface area contributed by atoms with Gasteiger partial charge in [0.25, 0.3) is 11.6 Å². The van der Waals surface area contributed by atoms with E-state index in [2.05, 4.69) is 25.8 Å². The van der Waals surface area contributed by atoms with Crippen molar-refractivity contribution in [3.05, 3.63) is 87.5 Å². The molecular weight excluding hydrogens is 478 g/mol. The molecule has 2 aromatic carbocycles. The van der Waals surface area contributed by atoms with Crippen LogP contribution in [-0.4, -0.2) is 36.2 Å². The molecule has 0 spiro atoms. The zero-order valence-corrected chi connectivity index (χ0v) is 18.7. The SMILES string of the molecule is O=C1NC(=Nc2ccc([N+](=O)[O-])cc2)S/C1=C\c1ccc(Sc2nnnn2-c2ccccc2)o1. The normalized spacial score (nSPS) is 15.7. The minimum absolute atomic E-state index is 0.0306. The Labute approximate surface area is 200 Å². The quantitative estimate of drug-likeness (QED) is 0.238. The standard InChI is InChI=1S/C21H13N7O4S2/c29-19-17(33-20(23-19)22-13-6-8-15(9-7-13)28(30)31)12-16-10-11-18(32-16)34-21-24-25-26-27(21)14-4-2-1-3-5-14/h1-12H,(H,22,23,29)/b17-12-. The van der Waals surface area contributed by atoms with Crippen molar-refractivity contribution >= 4 is 52.0 Å². The predicted octanol–water partition coefficient (Wildman–Crippen LogP) is 4.21. The molecule has 1 aliphatic rings. The van der Waals surface area contributed by atoms with E-state index in [4.69, 9.17) is 4.42 Å². The molecule has 1 N–H and O–H groups in total. The molecule has 1 amide bonds. The smallest absolute Gasteiger partial charge is 0.269 e. The number of nitro benzene ring substituents is 1. The summed E-state index contributed by atoms with van der Waals surface area (Å²) in [6, 6.07) is 18.7. The van der Waals surface area contributed by atoms with Crippen molar-refractivity contribution in [2.24, 2.45) is 4.99 Å². The Morgan fingerprint density at radius 1 is 1.12 bits per heavy atom. The Balaban J connectivity index is 1.29. The average Bonchev–Trinajstić information content (AvgIpc) is 3.56. The van der Waals surface area contributed by atoms with Crippen LogP contribution in [0.1, 0.15) is 5.76 Å². The van der Waals surface area contributed by atoms with E-state index in [-0.39, 0.29) is 11.6 Å². The summed E-state index contributed by atoms with van der Waals surface area (Å²) >= 11 is 2.40. The molecule has 5 rings (SSSR count). The summed E-state index contributed by atoms with van der Waals surface area (Å²) in [7, 11) is 0. The fourth-order valence-corrected chi connectivity index (χ4v) is 4.49. The largest absolute Gasteiger partial charge is 0.450 e. The summed E-state index contributed by atoms with van der Waals surface area (Å²) in [5.74, 6) is 0.166. The van der Waals surface area contributed by atoms with Gasteiger partial charge in [0.1, 0.15) is 5.76 Å². The second-order valence-corrected chi connectivity index (χ2v) is 8.73. The number of nitrogens with one attached hydrogen (secondary N) is 1. The number of furan rings is 1. The highest BCUT2D eigenvalue weighted by Crippen LogP contribution is 2.32. The topological polar surface area (TPSA) is 141 Å². The number of amides is 1. The number of thioether (sulfide) groups is 1. The second kappa shape index (κ2) is 9.33. The van der Waals surface area contributed by atoms with Crippen molar-refractivity contribution in [3.63, 3.8) is 0 Å². The van der Waals surface area contributed by atoms with Crippen molar-refractivity contribution in [1.82, 2.24) is 25.5 Å². The fraction of sp³-hybridized carbons (Fsp3) is 0. The monoisotopic (exact) mass is 491 g/mol. The number of hydrogen-bond acceptors (Lipinski definition) is 10. The molecule has 11 nitrogen and oxygen atoms in total. The zero-order valence-electron chi connectivity index (χ0n) is 17.1. The molecular formula is C21H13N7O4S2. The molecule has 0 aliphatic carbocycles. The molecule has 0 unspecified atom stereocenters. The highest BCUT2D eigenvalue weighted by molar-refractivity contribution is 8.18. The molecule has 13 heteroatoms. The summed E-state index contributed by atoms with van der Waals surface area (Å²) in [6.07, 6.45) is 1.61. The molecule has 34 heavy (non-hydrogen) atoms. The Morgan fingerprint density at radius 3 is 2.68 bits per heavy atom. The maximum Gasteiger partial charge on any atom is 0.269 e. The van der Waals surface area contributed by atoms with Crippen molar-refractivity contribution in [2.45, 2.75) is 10.2 Å². The molecule has 1 aliphatic heterocycles. The maximum atomic E-state index is 12.3. The molecule has 3 heterocycles. The van der Waals surface area contributed by atoms with Gasteiger partial charge >= 0.3 is 0 Å². The van der Waals surface area contributed by atoms with Crippen LogP contribution in [0.15, 0.2) is 91.3 Å². The molecule has 4 aromatic rings. The van der Waals surface area contributed by atoms with Crippen LogP contribution in [0.4, 0.5) is 11.4 Å². The molecule has 2 aromatic heterocycles. The molecule has 0 saturated carbocycles. The molecule has 0 atom stereocenters. The van der Waals surface area contributed by atoms with Crippen molar-refractivity contribution in [1.29, 1.82) is 0 Å². The van der Waals surface area contributed by atoms with Gasteiger partial charge in [-0.25, -0.2) is 4.99 Å². The van der Waals surface area contributed by atoms with Crippen molar-refractivity contribution in [2.75, 3.05) is 0 Å². The van der Waals surface area contributed by atoms with E-state index in [0.29, 0.717) is 31.8 Å². The second-order valence-electron chi connectivity index (χ2n) is 6.72. The minimum Gasteiger partial charge on any atom is -0.450 e. The Bertz CT molecular complexity index is 1430. The summed E-state index contributed by atoms with van der Waals surface area (Å²) in [5.41, 5.74) is 1.28. The van der Waals surface area contributed by atoms with E-state index in [1.165, 1.54) is 36.0 Å². The number of para-hydroxylation sites is 1. The van der Waals surface area contributed by atoms with Gasteiger partial charge in [0.05, 0.1) is 21.2 Å². The van der Waals surface area contributed by atoms with Crippen LogP contribution in [0, 0.1) is 10.1 Å². The first kappa shape index (κ1) is 21.6. The number of rotatable bonds is 6. The number of carbonyl (C=O) groups excluding carboxylic acids is 1. The number of nitro groups is 1. The summed E-state index contributed by atoms with van der Waals surface area (Å²) < 4.78 is 7.43. The first-order chi connectivity index (χ1) is 16.5. The van der Waals surface area contributed by atoms with Gasteiger partial charge in [0, 0.05) is 18.2 Å². The number of nitrogens with zero attached hydrogens (tertiary/aromatic N) is 6. The van der Waals surface area contributed by atoms with E-state index in [9.17, 15) is 14.9 Å². The maximum absolute atomic E-state index is 12.3.